The molecule has 0 heterocycles. The fraction of sp³-hybridized carbons (Fsp3) is 1.00. The van der Waals surface area contributed by atoms with E-state index in [1.807, 2.05) is 0 Å². The smallest absolute Gasteiger partial charge is 0.0569 e. The third kappa shape index (κ3) is 6.05. The maximum Gasteiger partial charge on any atom is 0.0569 e. The monoisotopic (exact) mass is 188 g/mol. The van der Waals surface area contributed by atoms with Crippen LogP contribution in [0.2, 0.25) is 0 Å². The molecule has 0 bridgehead atoms. The molecule has 1 N–H and O–H groups in total. The SMILES string of the molecule is CCCC(C)C(O)CC(C)COC. The predicted molar refractivity (Wildman–Crippen MR) is 55.7 cm³/mol. The number of hydrogen-bond donors (Lipinski definition) is 1. The summed E-state index contributed by atoms with van der Waals surface area (Å²) >= 11 is 0. The Hall–Kier alpha value is -0.0800. The maximum absolute atomic E-state index is 9.79. The van der Waals surface area contributed by atoms with Crippen LogP contribution in [0.1, 0.15) is 40.0 Å². The summed E-state index contributed by atoms with van der Waals surface area (Å²) in [5, 5.41) is 9.79. The van der Waals surface area contributed by atoms with Crippen LogP contribution in [0.5, 0.6) is 0 Å². The average molecular weight is 188 g/mol. The highest BCUT2D eigenvalue weighted by Gasteiger charge is 2.16. The summed E-state index contributed by atoms with van der Waals surface area (Å²) in [4.78, 5) is 0. The van der Waals surface area contributed by atoms with E-state index in [9.17, 15) is 5.11 Å². The van der Waals surface area contributed by atoms with Crippen LogP contribution in [0.4, 0.5) is 0 Å². The zero-order valence-corrected chi connectivity index (χ0v) is 9.42. The minimum absolute atomic E-state index is 0.162. The van der Waals surface area contributed by atoms with Crippen LogP contribution in [0.15, 0.2) is 0 Å². The molecule has 13 heavy (non-hydrogen) atoms. The Labute approximate surface area is 82.3 Å². The van der Waals surface area contributed by atoms with E-state index in [1.54, 1.807) is 7.11 Å². The third-order valence-electron chi connectivity index (χ3n) is 2.50. The van der Waals surface area contributed by atoms with Crippen molar-refractivity contribution in [3.8, 4) is 0 Å². The predicted octanol–water partition coefficient (Wildman–Crippen LogP) is 2.46. The second kappa shape index (κ2) is 7.34. The molecule has 2 nitrogen and oxygen atoms in total. The van der Waals surface area contributed by atoms with E-state index in [4.69, 9.17) is 4.74 Å². The lowest BCUT2D eigenvalue weighted by Crippen LogP contribution is -2.22. The van der Waals surface area contributed by atoms with Crippen molar-refractivity contribution in [2.24, 2.45) is 11.8 Å². The van der Waals surface area contributed by atoms with Gasteiger partial charge in [-0.15, -0.1) is 0 Å². The number of rotatable bonds is 7. The minimum Gasteiger partial charge on any atom is -0.393 e. The third-order valence-corrected chi connectivity index (χ3v) is 2.50. The number of aliphatic hydroxyl groups excluding tert-OH is 1. The lowest BCUT2D eigenvalue weighted by molar-refractivity contribution is 0.0651. The minimum atomic E-state index is -0.162. The molecule has 0 aliphatic rings. The lowest BCUT2D eigenvalue weighted by atomic mass is 9.92. The first kappa shape index (κ1) is 12.9. The van der Waals surface area contributed by atoms with Gasteiger partial charge in [-0.2, -0.15) is 0 Å². The highest BCUT2D eigenvalue weighted by molar-refractivity contribution is 4.67. The summed E-state index contributed by atoms with van der Waals surface area (Å²) < 4.78 is 5.03. The Morgan fingerprint density at radius 3 is 2.38 bits per heavy atom. The summed E-state index contributed by atoms with van der Waals surface area (Å²) in [5.41, 5.74) is 0. The van der Waals surface area contributed by atoms with Crippen LogP contribution in [-0.4, -0.2) is 24.9 Å². The van der Waals surface area contributed by atoms with Crippen LogP contribution < -0.4 is 0 Å². The fourth-order valence-corrected chi connectivity index (χ4v) is 1.64. The Kier molecular flexibility index (Phi) is 7.29. The van der Waals surface area contributed by atoms with Crippen molar-refractivity contribution in [2.75, 3.05) is 13.7 Å². The molecule has 0 amide bonds. The Bertz CT molecular complexity index is 115. The van der Waals surface area contributed by atoms with Gasteiger partial charge in [-0.25, -0.2) is 0 Å². The molecule has 0 spiro atoms. The normalized spacial score (nSPS) is 18.2. The number of ether oxygens (including phenoxy) is 1. The van der Waals surface area contributed by atoms with Crippen molar-refractivity contribution in [2.45, 2.75) is 46.1 Å². The summed E-state index contributed by atoms with van der Waals surface area (Å²) in [6, 6.07) is 0. The highest BCUT2D eigenvalue weighted by atomic mass is 16.5. The van der Waals surface area contributed by atoms with Gasteiger partial charge in [0.2, 0.25) is 0 Å². The highest BCUT2D eigenvalue weighted by Crippen LogP contribution is 2.17. The van der Waals surface area contributed by atoms with Gasteiger partial charge in [-0.1, -0.05) is 27.2 Å². The van der Waals surface area contributed by atoms with Gasteiger partial charge in [0.1, 0.15) is 0 Å². The van der Waals surface area contributed by atoms with Gasteiger partial charge in [0.15, 0.2) is 0 Å². The number of hydrogen-bond acceptors (Lipinski definition) is 2. The first-order chi connectivity index (χ1) is 6.11. The fourth-order valence-electron chi connectivity index (χ4n) is 1.64. The van der Waals surface area contributed by atoms with Gasteiger partial charge < -0.3 is 9.84 Å². The number of aliphatic hydroxyl groups is 1. The molecule has 0 aromatic heterocycles. The molecular weight excluding hydrogens is 164 g/mol. The van der Waals surface area contributed by atoms with Crippen molar-refractivity contribution in [3.05, 3.63) is 0 Å². The van der Waals surface area contributed by atoms with E-state index in [0.717, 1.165) is 25.9 Å². The van der Waals surface area contributed by atoms with Crippen LogP contribution in [-0.2, 0) is 4.74 Å². The summed E-state index contributed by atoms with van der Waals surface area (Å²) in [5.74, 6) is 0.878. The summed E-state index contributed by atoms with van der Waals surface area (Å²) in [6.45, 7) is 7.14. The number of methoxy groups -OCH3 is 1. The molecule has 0 aromatic rings. The van der Waals surface area contributed by atoms with E-state index in [0.29, 0.717) is 11.8 Å². The molecule has 0 fully saturated rings. The van der Waals surface area contributed by atoms with Crippen LogP contribution in [0, 0.1) is 11.8 Å². The molecule has 0 rings (SSSR count). The van der Waals surface area contributed by atoms with Crippen molar-refractivity contribution < 1.29 is 9.84 Å². The summed E-state index contributed by atoms with van der Waals surface area (Å²) in [6.07, 6.45) is 2.96. The van der Waals surface area contributed by atoms with Crippen molar-refractivity contribution in [1.82, 2.24) is 0 Å². The van der Waals surface area contributed by atoms with Crippen molar-refractivity contribution in [3.63, 3.8) is 0 Å². The molecule has 0 saturated carbocycles. The van der Waals surface area contributed by atoms with Crippen molar-refractivity contribution in [1.29, 1.82) is 0 Å². The maximum atomic E-state index is 9.79. The Morgan fingerprint density at radius 1 is 1.31 bits per heavy atom. The summed E-state index contributed by atoms with van der Waals surface area (Å²) in [7, 11) is 1.71. The van der Waals surface area contributed by atoms with Crippen LogP contribution in [0.25, 0.3) is 0 Å². The zero-order valence-electron chi connectivity index (χ0n) is 9.42. The van der Waals surface area contributed by atoms with E-state index in [-0.39, 0.29) is 6.10 Å². The standard InChI is InChI=1S/C11H24O2/c1-5-6-10(3)11(12)7-9(2)8-13-4/h9-12H,5-8H2,1-4H3. The molecule has 0 aliphatic carbocycles. The topological polar surface area (TPSA) is 29.5 Å². The molecule has 0 aliphatic heterocycles. The average Bonchev–Trinajstić information content (AvgIpc) is 2.05. The molecular formula is C11H24O2. The van der Waals surface area contributed by atoms with E-state index < -0.39 is 0 Å². The molecule has 3 atom stereocenters. The van der Waals surface area contributed by atoms with Gasteiger partial charge in [0, 0.05) is 13.7 Å². The zero-order chi connectivity index (χ0) is 10.3. The van der Waals surface area contributed by atoms with Gasteiger partial charge in [-0.05, 0) is 24.7 Å². The molecule has 80 valence electrons. The van der Waals surface area contributed by atoms with E-state index >= 15 is 0 Å². The largest absolute Gasteiger partial charge is 0.393 e. The first-order valence-corrected chi connectivity index (χ1v) is 5.28. The van der Waals surface area contributed by atoms with Crippen LogP contribution in [0.3, 0.4) is 0 Å². The second-order valence-electron chi connectivity index (χ2n) is 4.13. The van der Waals surface area contributed by atoms with Crippen molar-refractivity contribution >= 4 is 0 Å². The first-order valence-electron chi connectivity index (χ1n) is 5.28. The quantitative estimate of drug-likeness (QED) is 0.665. The Balaban J connectivity index is 3.64. The lowest BCUT2D eigenvalue weighted by Gasteiger charge is -2.21. The second-order valence-corrected chi connectivity index (χ2v) is 4.13. The Morgan fingerprint density at radius 2 is 1.92 bits per heavy atom. The molecule has 3 unspecified atom stereocenters. The van der Waals surface area contributed by atoms with Gasteiger partial charge in [0.25, 0.3) is 0 Å². The van der Waals surface area contributed by atoms with E-state index in [1.165, 1.54) is 0 Å². The molecule has 0 saturated heterocycles. The van der Waals surface area contributed by atoms with Crippen LogP contribution >= 0.6 is 0 Å². The van der Waals surface area contributed by atoms with Gasteiger partial charge in [0.05, 0.1) is 6.10 Å². The molecule has 2 heteroatoms. The van der Waals surface area contributed by atoms with E-state index in [2.05, 4.69) is 20.8 Å². The van der Waals surface area contributed by atoms with Gasteiger partial charge in [-0.3, -0.25) is 0 Å². The molecule has 0 radical (unpaired) electrons. The van der Waals surface area contributed by atoms with Gasteiger partial charge >= 0.3 is 0 Å². The molecule has 0 aromatic carbocycles.